The number of amides is 2. The molecular weight excluding hydrogens is 424 g/mol. The number of hydrogen-bond acceptors (Lipinski definition) is 7. The van der Waals surface area contributed by atoms with Crippen molar-refractivity contribution in [3.05, 3.63) is 65.7 Å². The highest BCUT2D eigenvalue weighted by molar-refractivity contribution is 6.44. The Kier molecular flexibility index (Phi) is 5.17. The van der Waals surface area contributed by atoms with E-state index in [2.05, 4.69) is 20.1 Å². The molecule has 10 heteroatoms. The molecule has 0 atom stereocenters. The number of nitrogens with zero attached hydrogens (tertiary/aromatic N) is 5. The molecule has 10 nitrogen and oxygen atoms in total. The number of carbonyl (C=O) groups excluding carboxylic acids is 3. The lowest BCUT2D eigenvalue weighted by Gasteiger charge is -2.34. The second kappa shape index (κ2) is 8.30. The van der Waals surface area contributed by atoms with E-state index in [-0.39, 0.29) is 24.6 Å². The summed E-state index contributed by atoms with van der Waals surface area (Å²) in [7, 11) is 0. The van der Waals surface area contributed by atoms with Gasteiger partial charge in [0.1, 0.15) is 17.5 Å². The van der Waals surface area contributed by atoms with Crippen molar-refractivity contribution in [2.45, 2.75) is 6.92 Å². The molecule has 0 bridgehead atoms. The van der Waals surface area contributed by atoms with Gasteiger partial charge in [0.2, 0.25) is 0 Å². The Balaban J connectivity index is 1.31. The van der Waals surface area contributed by atoms with Crippen LogP contribution in [0.3, 0.4) is 0 Å². The first kappa shape index (κ1) is 20.6. The molecule has 1 saturated heterocycles. The lowest BCUT2D eigenvalue weighted by Crippen LogP contribution is -2.52. The number of rotatable bonds is 4. The smallest absolute Gasteiger partial charge is 0.295 e. The predicted molar refractivity (Wildman–Crippen MR) is 117 cm³/mol. The van der Waals surface area contributed by atoms with Gasteiger partial charge >= 0.3 is 0 Å². The Morgan fingerprint density at radius 2 is 1.73 bits per heavy atom. The maximum atomic E-state index is 13.0. The van der Waals surface area contributed by atoms with Crippen LogP contribution in [0.4, 0.5) is 0 Å². The highest BCUT2D eigenvalue weighted by Gasteiger charge is 2.31. The summed E-state index contributed by atoms with van der Waals surface area (Å²) >= 11 is 0. The number of H-pyrrole nitrogens is 1. The number of piperazine rings is 1. The number of aromatic amines is 1. The summed E-state index contributed by atoms with van der Waals surface area (Å²) in [6.45, 7) is 3.07. The molecule has 4 heterocycles. The number of fused-ring (bicyclic) bond motifs is 1. The average Bonchev–Trinajstić information content (AvgIpc) is 3.49. The first-order valence-electron chi connectivity index (χ1n) is 10.5. The van der Waals surface area contributed by atoms with Crippen LogP contribution in [0.15, 0.2) is 53.4 Å². The highest BCUT2D eigenvalue weighted by Crippen LogP contribution is 2.27. The van der Waals surface area contributed by atoms with Crippen molar-refractivity contribution >= 4 is 28.6 Å². The molecular formula is C23H20N6O4. The first-order valence-corrected chi connectivity index (χ1v) is 10.5. The van der Waals surface area contributed by atoms with Gasteiger partial charge in [0, 0.05) is 44.0 Å². The van der Waals surface area contributed by atoms with Gasteiger partial charge in [0.15, 0.2) is 5.76 Å². The zero-order chi connectivity index (χ0) is 22.9. The number of carbonyl (C=O) groups is 3. The number of benzene rings is 1. The molecule has 4 aromatic rings. The minimum atomic E-state index is -0.664. The Hall–Kier alpha value is -4.34. The van der Waals surface area contributed by atoms with E-state index in [4.69, 9.17) is 4.52 Å². The van der Waals surface area contributed by atoms with Crippen LogP contribution in [0.5, 0.6) is 0 Å². The molecule has 33 heavy (non-hydrogen) atoms. The van der Waals surface area contributed by atoms with Gasteiger partial charge in [-0.2, -0.15) is 0 Å². The van der Waals surface area contributed by atoms with Crippen LogP contribution in [0.1, 0.15) is 26.4 Å². The van der Waals surface area contributed by atoms with Crippen molar-refractivity contribution in [1.29, 1.82) is 0 Å². The Morgan fingerprint density at radius 1 is 1.00 bits per heavy atom. The maximum Gasteiger partial charge on any atom is 0.295 e. The summed E-state index contributed by atoms with van der Waals surface area (Å²) < 4.78 is 5.28. The number of hydrogen-bond donors (Lipinski definition) is 1. The fourth-order valence-corrected chi connectivity index (χ4v) is 3.91. The monoisotopic (exact) mass is 444 g/mol. The molecule has 1 N–H and O–H groups in total. The molecule has 1 aliphatic heterocycles. The third kappa shape index (κ3) is 3.75. The summed E-state index contributed by atoms with van der Waals surface area (Å²) in [5.74, 6) is -0.940. The number of nitrogens with one attached hydrogen (secondary N) is 1. The van der Waals surface area contributed by atoms with Gasteiger partial charge in [-0.25, -0.2) is 9.97 Å². The topological polar surface area (TPSA) is 125 Å². The van der Waals surface area contributed by atoms with E-state index >= 15 is 0 Å². The molecule has 0 saturated carbocycles. The number of aryl methyl sites for hydroxylation is 1. The van der Waals surface area contributed by atoms with Crippen molar-refractivity contribution in [3.63, 3.8) is 0 Å². The molecule has 166 valence electrons. The summed E-state index contributed by atoms with van der Waals surface area (Å²) in [4.78, 5) is 53.1. The third-order valence-electron chi connectivity index (χ3n) is 5.64. The van der Waals surface area contributed by atoms with E-state index in [1.54, 1.807) is 30.0 Å². The van der Waals surface area contributed by atoms with Crippen molar-refractivity contribution in [1.82, 2.24) is 29.9 Å². The number of Topliss-reactive ketones (excluding diaryl/α,β-unsaturated/α-hetero) is 1. The average molecular weight is 444 g/mol. The van der Waals surface area contributed by atoms with E-state index in [0.29, 0.717) is 46.8 Å². The van der Waals surface area contributed by atoms with Gasteiger partial charge in [-0.05, 0) is 19.1 Å². The van der Waals surface area contributed by atoms with E-state index in [9.17, 15) is 14.4 Å². The summed E-state index contributed by atoms with van der Waals surface area (Å²) in [6.07, 6.45) is 2.78. The minimum Gasteiger partial charge on any atom is -0.357 e. The van der Waals surface area contributed by atoms with E-state index in [0.717, 1.165) is 0 Å². The Bertz CT molecular complexity index is 1350. The van der Waals surface area contributed by atoms with Gasteiger partial charge in [0.25, 0.3) is 17.6 Å². The predicted octanol–water partition coefficient (Wildman–Crippen LogP) is 2.09. The van der Waals surface area contributed by atoms with Crippen molar-refractivity contribution in [3.8, 4) is 11.5 Å². The zero-order valence-corrected chi connectivity index (χ0v) is 17.8. The number of aromatic nitrogens is 4. The lowest BCUT2D eigenvalue weighted by atomic mass is 10.1. The van der Waals surface area contributed by atoms with Crippen LogP contribution in [-0.4, -0.2) is 73.7 Å². The molecule has 1 fully saturated rings. The summed E-state index contributed by atoms with van der Waals surface area (Å²) in [6, 6.07) is 10.7. The second-order valence-electron chi connectivity index (χ2n) is 7.76. The van der Waals surface area contributed by atoms with Crippen molar-refractivity contribution < 1.29 is 18.9 Å². The normalized spacial score (nSPS) is 14.0. The highest BCUT2D eigenvalue weighted by atomic mass is 16.5. The molecule has 1 aromatic carbocycles. The van der Waals surface area contributed by atoms with Gasteiger partial charge < -0.3 is 19.3 Å². The van der Waals surface area contributed by atoms with Gasteiger partial charge in [0.05, 0.1) is 16.8 Å². The number of ketones is 1. The molecule has 0 unspecified atom stereocenters. The standard InChI is InChI=1S/C23H20N6O4/c1-14-11-17(33-27-14)19-20-18(25-13-26-19)16(12-24-20)21(30)23(32)29-9-7-28(8-10-29)22(31)15-5-3-2-4-6-15/h2-6,11-13,24H,7-10H2,1H3. The molecule has 1 aliphatic rings. The van der Waals surface area contributed by atoms with Crippen molar-refractivity contribution in [2.75, 3.05) is 26.2 Å². The van der Waals surface area contributed by atoms with Gasteiger partial charge in [-0.3, -0.25) is 14.4 Å². The summed E-state index contributed by atoms with van der Waals surface area (Å²) in [5.41, 5.74) is 2.75. The second-order valence-corrected chi connectivity index (χ2v) is 7.76. The fourth-order valence-electron chi connectivity index (χ4n) is 3.91. The third-order valence-corrected chi connectivity index (χ3v) is 5.64. The Morgan fingerprint density at radius 3 is 2.42 bits per heavy atom. The van der Waals surface area contributed by atoms with E-state index in [1.807, 2.05) is 18.2 Å². The largest absolute Gasteiger partial charge is 0.357 e. The molecule has 3 aromatic heterocycles. The molecule has 0 aliphatic carbocycles. The quantitative estimate of drug-likeness (QED) is 0.377. The Labute approximate surface area is 188 Å². The molecule has 5 rings (SSSR count). The van der Waals surface area contributed by atoms with Crippen LogP contribution in [0.2, 0.25) is 0 Å². The minimum absolute atomic E-state index is 0.0856. The van der Waals surface area contributed by atoms with Gasteiger partial charge in [-0.1, -0.05) is 23.4 Å². The van der Waals surface area contributed by atoms with Crippen LogP contribution in [0, 0.1) is 6.92 Å². The lowest BCUT2D eigenvalue weighted by molar-refractivity contribution is -0.127. The van der Waals surface area contributed by atoms with Gasteiger partial charge in [-0.15, -0.1) is 0 Å². The van der Waals surface area contributed by atoms with E-state index < -0.39 is 11.7 Å². The zero-order valence-electron chi connectivity index (χ0n) is 17.8. The molecule has 0 spiro atoms. The maximum absolute atomic E-state index is 13.0. The van der Waals surface area contributed by atoms with Crippen LogP contribution >= 0.6 is 0 Å². The first-order chi connectivity index (χ1) is 16.0. The fraction of sp³-hybridized carbons (Fsp3) is 0.217. The van der Waals surface area contributed by atoms with Crippen LogP contribution < -0.4 is 0 Å². The SMILES string of the molecule is Cc1cc(-c2ncnc3c(C(=O)C(=O)N4CCN(C(=O)c5ccccc5)CC4)c[nH]c23)on1. The molecule has 0 radical (unpaired) electrons. The van der Waals surface area contributed by atoms with E-state index in [1.165, 1.54) is 17.4 Å². The van der Waals surface area contributed by atoms with Crippen LogP contribution in [-0.2, 0) is 4.79 Å². The van der Waals surface area contributed by atoms with Crippen LogP contribution in [0.25, 0.3) is 22.5 Å². The van der Waals surface area contributed by atoms with Crippen molar-refractivity contribution in [2.24, 2.45) is 0 Å². The summed E-state index contributed by atoms with van der Waals surface area (Å²) in [5, 5.41) is 3.86. The molecule has 2 amide bonds.